The number of hydrogen-bond acceptors (Lipinski definition) is 7. The van der Waals surface area contributed by atoms with E-state index in [1.165, 1.54) is 0 Å². The van der Waals surface area contributed by atoms with Crippen LogP contribution in [-0.2, 0) is 5.41 Å². The number of anilines is 1. The molecule has 0 amide bonds. The quantitative estimate of drug-likeness (QED) is 0.916. The van der Waals surface area contributed by atoms with Gasteiger partial charge in [-0.15, -0.1) is 0 Å². The first-order valence-corrected chi connectivity index (χ1v) is 8.34. The van der Waals surface area contributed by atoms with Gasteiger partial charge in [0.05, 0.1) is 5.41 Å². The molecule has 24 heavy (non-hydrogen) atoms. The lowest BCUT2D eigenvalue weighted by molar-refractivity contribution is 0.171. The summed E-state index contributed by atoms with van der Waals surface area (Å²) in [6.07, 6.45) is 0. The maximum Gasteiger partial charge on any atom is 0.266 e. The molecule has 2 aliphatic rings. The average Bonchev–Trinajstić information content (AvgIpc) is 3.13. The van der Waals surface area contributed by atoms with E-state index in [0.29, 0.717) is 25.1 Å². The summed E-state index contributed by atoms with van der Waals surface area (Å²) in [5.41, 5.74) is 0.650. The minimum absolute atomic E-state index is 0.408. The maximum absolute atomic E-state index is 5.69. The standard InChI is InChI=1S/C17H22N4O3/c1-17(2,12-3-4-13-14(11-12)23-10-9-22-13)15-19-16(20-24-15)21-7-5-18-6-8-21/h3-4,11,18H,5-10H2,1-2H3. The monoisotopic (exact) mass is 330 g/mol. The highest BCUT2D eigenvalue weighted by Gasteiger charge is 2.32. The molecule has 1 saturated heterocycles. The number of nitrogens with one attached hydrogen (secondary N) is 1. The van der Waals surface area contributed by atoms with Gasteiger partial charge in [-0.3, -0.25) is 0 Å². The van der Waals surface area contributed by atoms with Crippen molar-refractivity contribution in [3.05, 3.63) is 29.7 Å². The first-order chi connectivity index (χ1) is 11.6. The number of hydrogen-bond donors (Lipinski definition) is 1. The van der Waals surface area contributed by atoms with E-state index in [2.05, 4.69) is 34.2 Å². The van der Waals surface area contributed by atoms with Gasteiger partial charge in [-0.05, 0) is 36.7 Å². The lowest BCUT2D eigenvalue weighted by Gasteiger charge is -2.26. The van der Waals surface area contributed by atoms with Gasteiger partial charge in [-0.25, -0.2) is 0 Å². The molecule has 0 atom stereocenters. The topological polar surface area (TPSA) is 72.7 Å². The summed E-state index contributed by atoms with van der Waals surface area (Å²) < 4.78 is 16.9. The van der Waals surface area contributed by atoms with Crippen LogP contribution in [0, 0.1) is 0 Å². The number of fused-ring (bicyclic) bond motifs is 1. The summed E-state index contributed by atoms with van der Waals surface area (Å²) in [5, 5.41) is 7.50. The molecule has 2 aromatic rings. The summed E-state index contributed by atoms with van der Waals surface area (Å²) in [4.78, 5) is 6.78. The molecule has 0 saturated carbocycles. The van der Waals surface area contributed by atoms with E-state index in [9.17, 15) is 0 Å². The zero-order valence-corrected chi connectivity index (χ0v) is 14.0. The molecule has 2 aliphatic heterocycles. The van der Waals surface area contributed by atoms with Crippen LogP contribution in [-0.4, -0.2) is 49.5 Å². The number of piperazine rings is 1. The zero-order valence-electron chi connectivity index (χ0n) is 14.0. The SMILES string of the molecule is CC(C)(c1ccc2c(c1)OCCO2)c1nc(N2CCNCC2)no1. The third kappa shape index (κ3) is 2.69. The van der Waals surface area contributed by atoms with Crippen molar-refractivity contribution in [3.8, 4) is 11.5 Å². The normalized spacial score (nSPS) is 17.8. The van der Waals surface area contributed by atoms with E-state index in [1.807, 2.05) is 18.2 Å². The second kappa shape index (κ2) is 5.98. The van der Waals surface area contributed by atoms with Gasteiger partial charge in [0, 0.05) is 26.2 Å². The van der Waals surface area contributed by atoms with Crippen LogP contribution in [0.1, 0.15) is 25.3 Å². The molecule has 0 aliphatic carbocycles. The zero-order chi connectivity index (χ0) is 16.6. The van der Waals surface area contributed by atoms with Gasteiger partial charge >= 0.3 is 0 Å². The maximum atomic E-state index is 5.69. The Labute approximate surface area is 140 Å². The van der Waals surface area contributed by atoms with E-state index in [-0.39, 0.29) is 0 Å². The van der Waals surface area contributed by atoms with Gasteiger partial charge in [0.25, 0.3) is 5.95 Å². The number of rotatable bonds is 3. The highest BCUT2D eigenvalue weighted by Crippen LogP contribution is 2.38. The lowest BCUT2D eigenvalue weighted by atomic mass is 9.84. The van der Waals surface area contributed by atoms with E-state index in [1.54, 1.807) is 0 Å². The van der Waals surface area contributed by atoms with Crippen molar-refractivity contribution in [2.75, 3.05) is 44.3 Å². The van der Waals surface area contributed by atoms with Crippen LogP contribution in [0.5, 0.6) is 11.5 Å². The van der Waals surface area contributed by atoms with Gasteiger partial charge in [0.2, 0.25) is 5.89 Å². The second-order valence-electron chi connectivity index (χ2n) is 6.62. The van der Waals surface area contributed by atoms with Gasteiger partial charge < -0.3 is 24.2 Å². The van der Waals surface area contributed by atoms with Crippen LogP contribution < -0.4 is 19.7 Å². The fraction of sp³-hybridized carbons (Fsp3) is 0.529. The van der Waals surface area contributed by atoms with Crippen molar-refractivity contribution < 1.29 is 14.0 Å². The number of benzene rings is 1. The largest absolute Gasteiger partial charge is 0.486 e. The molecule has 0 unspecified atom stereocenters. The van der Waals surface area contributed by atoms with E-state index < -0.39 is 5.41 Å². The molecule has 7 heteroatoms. The van der Waals surface area contributed by atoms with Gasteiger partial charge in [0.15, 0.2) is 11.5 Å². The molecule has 7 nitrogen and oxygen atoms in total. The molecule has 3 heterocycles. The van der Waals surface area contributed by atoms with Crippen LogP contribution in [0.15, 0.2) is 22.7 Å². The molecule has 1 fully saturated rings. The Morgan fingerprint density at radius 1 is 1.08 bits per heavy atom. The third-order valence-corrected chi connectivity index (χ3v) is 4.61. The molecule has 1 N–H and O–H groups in total. The lowest BCUT2D eigenvalue weighted by Crippen LogP contribution is -2.44. The van der Waals surface area contributed by atoms with Crippen LogP contribution in [0.3, 0.4) is 0 Å². The molecule has 128 valence electrons. The Bertz CT molecular complexity index is 722. The number of ether oxygens (including phenoxy) is 2. The Kier molecular flexibility index (Phi) is 3.80. The fourth-order valence-corrected chi connectivity index (χ4v) is 3.02. The summed E-state index contributed by atoms with van der Waals surface area (Å²) in [6, 6.07) is 5.98. The van der Waals surface area contributed by atoms with E-state index in [0.717, 1.165) is 43.2 Å². The number of aromatic nitrogens is 2. The highest BCUT2D eigenvalue weighted by atomic mass is 16.6. The Balaban J connectivity index is 1.61. The summed E-state index contributed by atoms with van der Waals surface area (Å²) in [7, 11) is 0. The predicted octanol–water partition coefficient (Wildman–Crippen LogP) is 1.58. The molecular weight excluding hydrogens is 308 g/mol. The summed E-state index contributed by atoms with van der Waals surface area (Å²) in [6.45, 7) is 8.98. The van der Waals surface area contributed by atoms with Crippen molar-refractivity contribution in [1.82, 2.24) is 15.5 Å². The van der Waals surface area contributed by atoms with Crippen molar-refractivity contribution in [1.29, 1.82) is 0 Å². The first kappa shape index (κ1) is 15.3. The molecule has 0 spiro atoms. The van der Waals surface area contributed by atoms with Crippen molar-refractivity contribution in [3.63, 3.8) is 0 Å². The van der Waals surface area contributed by atoms with Crippen molar-refractivity contribution >= 4 is 5.95 Å². The molecular formula is C17H22N4O3. The third-order valence-electron chi connectivity index (χ3n) is 4.61. The predicted molar refractivity (Wildman–Crippen MR) is 88.9 cm³/mol. The smallest absolute Gasteiger partial charge is 0.266 e. The highest BCUT2D eigenvalue weighted by molar-refractivity contribution is 5.47. The van der Waals surface area contributed by atoms with Crippen LogP contribution in [0.25, 0.3) is 0 Å². The minimum Gasteiger partial charge on any atom is -0.486 e. The number of nitrogens with zero attached hydrogens (tertiary/aromatic N) is 3. The Hall–Kier alpha value is -2.28. The molecule has 1 aromatic heterocycles. The van der Waals surface area contributed by atoms with Crippen molar-refractivity contribution in [2.45, 2.75) is 19.3 Å². The average molecular weight is 330 g/mol. The van der Waals surface area contributed by atoms with E-state index in [4.69, 9.17) is 14.0 Å². The Morgan fingerprint density at radius 2 is 1.83 bits per heavy atom. The molecule has 1 aromatic carbocycles. The summed E-state index contributed by atoms with van der Waals surface area (Å²) >= 11 is 0. The van der Waals surface area contributed by atoms with Crippen LogP contribution >= 0.6 is 0 Å². The molecule has 0 bridgehead atoms. The molecule has 0 radical (unpaired) electrons. The summed E-state index contributed by atoms with van der Waals surface area (Å²) in [5.74, 6) is 2.83. The van der Waals surface area contributed by atoms with Crippen molar-refractivity contribution in [2.24, 2.45) is 0 Å². The first-order valence-electron chi connectivity index (χ1n) is 8.34. The van der Waals surface area contributed by atoms with Crippen LogP contribution in [0.2, 0.25) is 0 Å². The second-order valence-corrected chi connectivity index (χ2v) is 6.62. The van der Waals surface area contributed by atoms with Crippen LogP contribution in [0.4, 0.5) is 5.95 Å². The minimum atomic E-state index is -0.408. The van der Waals surface area contributed by atoms with Gasteiger partial charge in [-0.2, -0.15) is 4.98 Å². The van der Waals surface area contributed by atoms with E-state index >= 15 is 0 Å². The fourth-order valence-electron chi connectivity index (χ4n) is 3.02. The molecule has 4 rings (SSSR count). The van der Waals surface area contributed by atoms with Gasteiger partial charge in [-0.1, -0.05) is 6.07 Å². The Morgan fingerprint density at radius 3 is 2.62 bits per heavy atom. The van der Waals surface area contributed by atoms with Gasteiger partial charge in [0.1, 0.15) is 13.2 Å².